The molecule has 0 spiro atoms. The van der Waals surface area contributed by atoms with Crippen molar-refractivity contribution < 1.29 is 14.3 Å². The number of carbonyl (C=O) groups is 2. The highest BCUT2D eigenvalue weighted by Crippen LogP contribution is 2.36. The third-order valence-electron chi connectivity index (χ3n) is 3.86. The average Bonchev–Trinajstić information content (AvgIpc) is 2.74. The maximum atomic E-state index is 12.4. The number of amides is 1. The summed E-state index contributed by atoms with van der Waals surface area (Å²) in [6.45, 7) is 6.21. The van der Waals surface area contributed by atoms with Gasteiger partial charge in [0.25, 0.3) is 11.7 Å². The van der Waals surface area contributed by atoms with Crippen LogP contribution in [0.5, 0.6) is 5.75 Å². The number of halogens is 1. The van der Waals surface area contributed by atoms with Gasteiger partial charge >= 0.3 is 0 Å². The number of nitrogens with zero attached hydrogens (tertiary/aromatic N) is 1. The molecule has 1 aliphatic heterocycles. The van der Waals surface area contributed by atoms with Crippen LogP contribution >= 0.6 is 15.9 Å². The Labute approximate surface area is 149 Å². The molecule has 2 aromatic rings. The molecule has 1 amide bonds. The summed E-state index contributed by atoms with van der Waals surface area (Å²) >= 11 is 3.38. The molecule has 1 heterocycles. The number of ether oxygens (including phenoxy) is 1. The van der Waals surface area contributed by atoms with Gasteiger partial charge in [0.1, 0.15) is 5.75 Å². The highest BCUT2D eigenvalue weighted by Gasteiger charge is 2.37. The van der Waals surface area contributed by atoms with Gasteiger partial charge in [0, 0.05) is 4.47 Å². The Morgan fingerprint density at radius 3 is 2.42 bits per heavy atom. The van der Waals surface area contributed by atoms with Gasteiger partial charge < -0.3 is 9.64 Å². The molecule has 1 aliphatic rings. The summed E-state index contributed by atoms with van der Waals surface area (Å²) in [5.41, 5.74) is 3.02. The molecule has 4 nitrogen and oxygen atoms in total. The van der Waals surface area contributed by atoms with Crippen LogP contribution in [-0.2, 0) is 11.3 Å². The summed E-state index contributed by atoms with van der Waals surface area (Å²) in [7, 11) is 0. The van der Waals surface area contributed by atoms with E-state index in [2.05, 4.69) is 15.9 Å². The Bertz CT molecular complexity index is 812. The lowest BCUT2D eigenvalue weighted by molar-refractivity contribution is -0.114. The van der Waals surface area contributed by atoms with E-state index < -0.39 is 11.7 Å². The molecule has 0 aliphatic carbocycles. The van der Waals surface area contributed by atoms with Gasteiger partial charge in [0.2, 0.25) is 0 Å². The Hall–Kier alpha value is -2.14. The van der Waals surface area contributed by atoms with Gasteiger partial charge in [-0.2, -0.15) is 0 Å². The van der Waals surface area contributed by atoms with Crippen LogP contribution < -0.4 is 9.64 Å². The van der Waals surface area contributed by atoms with E-state index in [1.165, 1.54) is 0 Å². The molecule has 3 rings (SSSR count). The van der Waals surface area contributed by atoms with Crippen LogP contribution in [0.15, 0.2) is 40.9 Å². The van der Waals surface area contributed by atoms with Crippen molar-refractivity contribution >= 4 is 33.3 Å². The van der Waals surface area contributed by atoms with E-state index in [0.717, 1.165) is 21.3 Å². The topological polar surface area (TPSA) is 46.6 Å². The summed E-state index contributed by atoms with van der Waals surface area (Å²) in [6, 6.07) is 11.2. The number of hydrogen-bond acceptors (Lipinski definition) is 3. The first-order chi connectivity index (χ1) is 11.4. The fraction of sp³-hybridized carbons (Fsp3) is 0.263. The molecule has 0 atom stereocenters. The second-order valence-electron chi connectivity index (χ2n) is 6.15. The number of aryl methyl sites for hydroxylation is 1. The van der Waals surface area contributed by atoms with Crippen LogP contribution in [0.2, 0.25) is 0 Å². The zero-order chi connectivity index (χ0) is 17.4. The Morgan fingerprint density at radius 2 is 1.79 bits per heavy atom. The third kappa shape index (κ3) is 3.08. The molecule has 0 aromatic heterocycles. The Balaban J connectivity index is 1.89. The first-order valence-corrected chi connectivity index (χ1v) is 8.58. The van der Waals surface area contributed by atoms with Crippen LogP contribution in [0.25, 0.3) is 0 Å². The van der Waals surface area contributed by atoms with Crippen molar-refractivity contribution in [3.05, 3.63) is 57.6 Å². The summed E-state index contributed by atoms with van der Waals surface area (Å²) in [6.07, 6.45) is 0.113. The number of anilines is 1. The predicted octanol–water partition coefficient (Wildman–Crippen LogP) is 4.27. The van der Waals surface area contributed by atoms with Crippen molar-refractivity contribution in [2.45, 2.75) is 33.4 Å². The fourth-order valence-corrected chi connectivity index (χ4v) is 3.46. The van der Waals surface area contributed by atoms with E-state index in [9.17, 15) is 9.59 Å². The van der Waals surface area contributed by atoms with Gasteiger partial charge in [-0.25, -0.2) is 0 Å². The van der Waals surface area contributed by atoms with Crippen molar-refractivity contribution in [3.8, 4) is 5.75 Å². The minimum atomic E-state index is -0.478. The number of fused-ring (bicyclic) bond motifs is 1. The quantitative estimate of drug-likeness (QED) is 0.735. The molecule has 24 heavy (non-hydrogen) atoms. The van der Waals surface area contributed by atoms with E-state index in [1.807, 2.05) is 51.1 Å². The van der Waals surface area contributed by atoms with Gasteiger partial charge in [-0.1, -0.05) is 28.1 Å². The first kappa shape index (κ1) is 16.7. The number of hydrogen-bond donors (Lipinski definition) is 0. The van der Waals surface area contributed by atoms with E-state index >= 15 is 0 Å². The van der Waals surface area contributed by atoms with Crippen LogP contribution in [0.3, 0.4) is 0 Å². The molecule has 0 saturated heterocycles. The number of rotatable bonds is 4. The third-order valence-corrected chi connectivity index (χ3v) is 4.31. The number of ketones is 1. The lowest BCUT2D eigenvalue weighted by Gasteiger charge is -2.19. The predicted molar refractivity (Wildman–Crippen MR) is 96.6 cm³/mol. The molecule has 124 valence electrons. The minimum absolute atomic E-state index is 0.113. The fourth-order valence-electron chi connectivity index (χ4n) is 2.89. The van der Waals surface area contributed by atoms with E-state index in [-0.39, 0.29) is 6.10 Å². The number of Topliss-reactive ketones (excluding diaryl/α,β-unsaturated/α-hetero) is 1. The van der Waals surface area contributed by atoms with Crippen molar-refractivity contribution in [2.75, 3.05) is 4.90 Å². The minimum Gasteiger partial charge on any atom is -0.491 e. The standard InChI is InChI=1S/C19H18BrNO3/c1-11(2)24-15-6-4-13(5-7-15)10-21-17-12(3)8-14(20)9-16(17)18(22)19(21)23/h4-9,11H,10H2,1-3H3. The van der Waals surface area contributed by atoms with Gasteiger partial charge in [0.05, 0.1) is 23.9 Å². The number of benzene rings is 2. The molecule has 0 bridgehead atoms. The molecule has 2 aromatic carbocycles. The van der Waals surface area contributed by atoms with Gasteiger partial charge in [-0.05, 0) is 56.2 Å². The van der Waals surface area contributed by atoms with Gasteiger partial charge in [0.15, 0.2) is 0 Å². The maximum absolute atomic E-state index is 12.4. The summed E-state index contributed by atoms with van der Waals surface area (Å²) in [5, 5.41) is 0. The second-order valence-corrected chi connectivity index (χ2v) is 7.07. The monoisotopic (exact) mass is 387 g/mol. The Morgan fingerprint density at radius 1 is 1.12 bits per heavy atom. The van der Waals surface area contributed by atoms with E-state index in [4.69, 9.17) is 4.74 Å². The average molecular weight is 388 g/mol. The second kappa shape index (κ2) is 6.40. The molecule has 0 saturated carbocycles. The van der Waals surface area contributed by atoms with Crippen molar-refractivity contribution in [1.82, 2.24) is 0 Å². The van der Waals surface area contributed by atoms with Crippen LogP contribution in [0.4, 0.5) is 5.69 Å². The zero-order valence-corrected chi connectivity index (χ0v) is 15.4. The normalized spacial score (nSPS) is 13.6. The largest absolute Gasteiger partial charge is 0.491 e. The van der Waals surface area contributed by atoms with Gasteiger partial charge in [-0.15, -0.1) is 0 Å². The molecular formula is C19H18BrNO3. The summed E-state index contributed by atoms with van der Waals surface area (Å²) in [4.78, 5) is 26.2. The van der Waals surface area contributed by atoms with E-state index in [0.29, 0.717) is 17.8 Å². The number of carbonyl (C=O) groups excluding carboxylic acids is 2. The van der Waals surface area contributed by atoms with Crippen molar-refractivity contribution in [2.24, 2.45) is 0 Å². The Kier molecular flexibility index (Phi) is 4.45. The molecular weight excluding hydrogens is 370 g/mol. The molecule has 0 radical (unpaired) electrons. The maximum Gasteiger partial charge on any atom is 0.299 e. The van der Waals surface area contributed by atoms with Crippen LogP contribution in [0, 0.1) is 6.92 Å². The summed E-state index contributed by atoms with van der Waals surface area (Å²) in [5.74, 6) is -0.138. The molecule has 5 heteroatoms. The SMILES string of the molecule is Cc1cc(Br)cc2c1N(Cc1ccc(OC(C)C)cc1)C(=O)C2=O. The van der Waals surface area contributed by atoms with Crippen LogP contribution in [0.1, 0.15) is 35.3 Å². The molecule has 0 fully saturated rings. The highest BCUT2D eigenvalue weighted by atomic mass is 79.9. The van der Waals surface area contributed by atoms with Crippen molar-refractivity contribution in [3.63, 3.8) is 0 Å². The van der Waals surface area contributed by atoms with Crippen molar-refractivity contribution in [1.29, 1.82) is 0 Å². The highest BCUT2D eigenvalue weighted by molar-refractivity contribution is 9.10. The molecule has 0 unspecified atom stereocenters. The summed E-state index contributed by atoms with van der Waals surface area (Å²) < 4.78 is 6.43. The smallest absolute Gasteiger partial charge is 0.299 e. The van der Waals surface area contributed by atoms with Crippen LogP contribution in [-0.4, -0.2) is 17.8 Å². The first-order valence-electron chi connectivity index (χ1n) is 7.78. The lowest BCUT2D eigenvalue weighted by Crippen LogP contribution is -2.29. The molecule has 0 N–H and O–H groups in total. The van der Waals surface area contributed by atoms with Gasteiger partial charge in [-0.3, -0.25) is 9.59 Å². The lowest BCUT2D eigenvalue weighted by atomic mass is 10.1. The van der Waals surface area contributed by atoms with E-state index in [1.54, 1.807) is 11.0 Å². The zero-order valence-electron chi connectivity index (χ0n) is 13.8.